The van der Waals surface area contributed by atoms with E-state index < -0.39 is 10.0 Å². The minimum Gasteiger partial charge on any atom is -0.350 e. The molecule has 6 nitrogen and oxygen atoms in total. The van der Waals surface area contributed by atoms with Gasteiger partial charge < -0.3 is 5.32 Å². The fraction of sp³-hybridized carbons (Fsp3) is 0.250. The number of sulfonamides is 1. The SMILES string of the molecule is CC(C)NC(=O)c1ccc(Sc2ccc(NS(=O)(=O)c3ccc(C(C)C)cc3)cc2)nc1. The number of aromatic nitrogens is 1. The lowest BCUT2D eigenvalue weighted by Gasteiger charge is -2.11. The highest BCUT2D eigenvalue weighted by Crippen LogP contribution is 2.28. The molecule has 0 bridgehead atoms. The number of hydrogen-bond acceptors (Lipinski definition) is 5. The molecule has 0 spiro atoms. The summed E-state index contributed by atoms with van der Waals surface area (Å²) in [6.07, 6.45) is 1.55. The molecule has 0 unspecified atom stereocenters. The number of amides is 1. The summed E-state index contributed by atoms with van der Waals surface area (Å²) in [7, 11) is -3.66. The largest absolute Gasteiger partial charge is 0.350 e. The zero-order valence-electron chi connectivity index (χ0n) is 18.5. The molecule has 32 heavy (non-hydrogen) atoms. The minimum atomic E-state index is -3.66. The van der Waals surface area contributed by atoms with E-state index in [2.05, 4.69) is 28.9 Å². The number of benzene rings is 2. The van der Waals surface area contributed by atoms with E-state index in [1.54, 1.807) is 42.6 Å². The van der Waals surface area contributed by atoms with Gasteiger partial charge in [-0.05, 0) is 73.9 Å². The highest BCUT2D eigenvalue weighted by Gasteiger charge is 2.15. The van der Waals surface area contributed by atoms with Crippen LogP contribution in [0.2, 0.25) is 0 Å². The summed E-state index contributed by atoms with van der Waals surface area (Å²) in [4.78, 5) is 17.5. The number of nitrogens with one attached hydrogen (secondary N) is 2. The van der Waals surface area contributed by atoms with Crippen LogP contribution in [-0.2, 0) is 10.0 Å². The topological polar surface area (TPSA) is 88.2 Å². The molecule has 0 saturated carbocycles. The quantitative estimate of drug-likeness (QED) is 0.468. The molecule has 2 aromatic carbocycles. The van der Waals surface area contributed by atoms with Crippen molar-refractivity contribution < 1.29 is 13.2 Å². The van der Waals surface area contributed by atoms with Crippen molar-refractivity contribution in [2.45, 2.75) is 54.5 Å². The summed E-state index contributed by atoms with van der Waals surface area (Å²) < 4.78 is 27.9. The summed E-state index contributed by atoms with van der Waals surface area (Å²) >= 11 is 1.43. The second kappa shape index (κ2) is 10.2. The number of anilines is 1. The Morgan fingerprint density at radius 2 is 1.56 bits per heavy atom. The average Bonchev–Trinajstić information content (AvgIpc) is 2.75. The van der Waals surface area contributed by atoms with E-state index in [0.717, 1.165) is 15.5 Å². The first-order valence-electron chi connectivity index (χ1n) is 10.3. The van der Waals surface area contributed by atoms with Crippen LogP contribution in [0.4, 0.5) is 5.69 Å². The van der Waals surface area contributed by atoms with Gasteiger partial charge in [-0.3, -0.25) is 9.52 Å². The third-order valence-corrected chi connectivity index (χ3v) is 6.96. The summed E-state index contributed by atoms with van der Waals surface area (Å²) in [6.45, 7) is 7.94. The van der Waals surface area contributed by atoms with Crippen LogP contribution in [0.3, 0.4) is 0 Å². The van der Waals surface area contributed by atoms with Crippen LogP contribution in [0.15, 0.2) is 81.7 Å². The molecule has 0 aliphatic rings. The van der Waals surface area contributed by atoms with Gasteiger partial charge in [-0.15, -0.1) is 0 Å². The molecule has 2 N–H and O–H groups in total. The maximum Gasteiger partial charge on any atom is 0.261 e. The third-order valence-electron chi connectivity index (χ3n) is 4.60. The van der Waals surface area contributed by atoms with Crippen molar-refractivity contribution in [1.82, 2.24) is 10.3 Å². The molecule has 0 aliphatic carbocycles. The van der Waals surface area contributed by atoms with Gasteiger partial charge in [0.05, 0.1) is 10.5 Å². The Labute approximate surface area is 193 Å². The number of pyridine rings is 1. The van der Waals surface area contributed by atoms with Crippen LogP contribution < -0.4 is 10.0 Å². The molecule has 0 saturated heterocycles. The summed E-state index contributed by atoms with van der Waals surface area (Å²) in [5, 5.41) is 3.57. The molecule has 168 valence electrons. The monoisotopic (exact) mass is 469 g/mol. The van der Waals surface area contributed by atoms with Crippen molar-refractivity contribution in [1.29, 1.82) is 0 Å². The molecule has 0 fully saturated rings. The first kappa shape index (κ1) is 23.8. The van der Waals surface area contributed by atoms with Gasteiger partial charge in [0.25, 0.3) is 15.9 Å². The predicted molar refractivity (Wildman–Crippen MR) is 129 cm³/mol. The van der Waals surface area contributed by atoms with Gasteiger partial charge in [0.15, 0.2) is 0 Å². The molecule has 3 aromatic rings. The van der Waals surface area contributed by atoms with Crippen LogP contribution in [-0.4, -0.2) is 25.4 Å². The molecule has 0 radical (unpaired) electrons. The summed E-state index contributed by atoms with van der Waals surface area (Å²) in [5.74, 6) is 0.187. The van der Waals surface area contributed by atoms with Gasteiger partial charge in [0.1, 0.15) is 5.03 Å². The Balaban J connectivity index is 1.64. The number of carbonyl (C=O) groups excluding carboxylic acids is 1. The van der Waals surface area contributed by atoms with Crippen molar-refractivity contribution in [3.8, 4) is 0 Å². The zero-order valence-corrected chi connectivity index (χ0v) is 20.1. The van der Waals surface area contributed by atoms with Crippen LogP contribution >= 0.6 is 11.8 Å². The standard InChI is InChI=1S/C24H27N3O3S2/c1-16(2)18-5-12-22(13-6-18)32(29,30)27-20-8-10-21(11-9-20)31-23-14-7-19(15-25-23)24(28)26-17(3)4/h5-17,27H,1-4H3,(H,26,28). The highest BCUT2D eigenvalue weighted by atomic mass is 32.2. The first-order valence-corrected chi connectivity index (χ1v) is 12.6. The summed E-state index contributed by atoms with van der Waals surface area (Å²) in [6, 6.07) is 17.6. The Hall–Kier alpha value is -2.84. The number of hydrogen-bond donors (Lipinski definition) is 2. The molecular formula is C24H27N3O3S2. The smallest absolute Gasteiger partial charge is 0.261 e. The van der Waals surface area contributed by atoms with E-state index >= 15 is 0 Å². The predicted octanol–water partition coefficient (Wildman–Crippen LogP) is 5.30. The first-order chi connectivity index (χ1) is 15.1. The maximum atomic E-state index is 12.7. The van der Waals surface area contributed by atoms with E-state index in [1.165, 1.54) is 11.8 Å². The van der Waals surface area contributed by atoms with Gasteiger partial charge in [-0.2, -0.15) is 0 Å². The van der Waals surface area contributed by atoms with Crippen molar-refractivity contribution in [3.63, 3.8) is 0 Å². The fourth-order valence-electron chi connectivity index (χ4n) is 2.88. The molecular weight excluding hydrogens is 442 g/mol. The second-order valence-electron chi connectivity index (χ2n) is 7.97. The van der Waals surface area contributed by atoms with Crippen LogP contribution in [0, 0.1) is 0 Å². The third kappa shape index (κ3) is 6.34. The Morgan fingerprint density at radius 3 is 2.09 bits per heavy atom. The molecule has 3 rings (SSSR count). The Kier molecular flexibility index (Phi) is 7.58. The van der Waals surface area contributed by atoms with E-state index in [4.69, 9.17) is 0 Å². The van der Waals surface area contributed by atoms with Crippen molar-refractivity contribution in [2.75, 3.05) is 4.72 Å². The van der Waals surface area contributed by atoms with E-state index in [-0.39, 0.29) is 16.8 Å². The van der Waals surface area contributed by atoms with Gasteiger partial charge in [-0.1, -0.05) is 37.7 Å². The summed E-state index contributed by atoms with van der Waals surface area (Å²) in [5.41, 5.74) is 2.08. The lowest BCUT2D eigenvalue weighted by molar-refractivity contribution is 0.0942. The number of rotatable bonds is 8. The van der Waals surface area contributed by atoms with Crippen molar-refractivity contribution >= 4 is 33.4 Å². The van der Waals surface area contributed by atoms with Gasteiger partial charge in [-0.25, -0.2) is 13.4 Å². The molecule has 0 aliphatic heterocycles. The Bertz CT molecular complexity index is 1160. The maximum absolute atomic E-state index is 12.7. The molecule has 1 heterocycles. The number of nitrogens with zero attached hydrogens (tertiary/aromatic N) is 1. The van der Waals surface area contributed by atoms with Crippen LogP contribution in [0.25, 0.3) is 0 Å². The van der Waals surface area contributed by atoms with Crippen LogP contribution in [0.1, 0.15) is 49.5 Å². The Morgan fingerprint density at radius 1 is 0.906 bits per heavy atom. The van der Waals surface area contributed by atoms with Crippen molar-refractivity contribution in [3.05, 3.63) is 78.0 Å². The molecule has 0 atom stereocenters. The zero-order chi connectivity index (χ0) is 23.3. The van der Waals surface area contributed by atoms with Gasteiger partial charge in [0.2, 0.25) is 0 Å². The van der Waals surface area contributed by atoms with Crippen LogP contribution in [0.5, 0.6) is 0 Å². The lowest BCUT2D eigenvalue weighted by Crippen LogP contribution is -2.30. The second-order valence-corrected chi connectivity index (χ2v) is 10.7. The van der Waals surface area contributed by atoms with E-state index in [9.17, 15) is 13.2 Å². The normalized spacial score (nSPS) is 11.6. The molecule has 1 amide bonds. The van der Waals surface area contributed by atoms with E-state index in [1.807, 2.05) is 38.1 Å². The molecule has 1 aromatic heterocycles. The van der Waals surface area contributed by atoms with E-state index in [0.29, 0.717) is 17.2 Å². The fourth-order valence-corrected chi connectivity index (χ4v) is 4.69. The highest BCUT2D eigenvalue weighted by molar-refractivity contribution is 7.99. The number of carbonyl (C=O) groups is 1. The van der Waals surface area contributed by atoms with Gasteiger partial charge in [0, 0.05) is 22.8 Å². The average molecular weight is 470 g/mol. The minimum absolute atomic E-state index is 0.0619. The lowest BCUT2D eigenvalue weighted by atomic mass is 10.0. The van der Waals surface area contributed by atoms with Crippen molar-refractivity contribution in [2.24, 2.45) is 0 Å². The van der Waals surface area contributed by atoms with Gasteiger partial charge >= 0.3 is 0 Å². The molecule has 8 heteroatoms.